The van der Waals surface area contributed by atoms with E-state index in [0.717, 1.165) is 16.0 Å². The van der Waals surface area contributed by atoms with E-state index < -0.39 is 0 Å². The van der Waals surface area contributed by atoms with Gasteiger partial charge in [-0.2, -0.15) is 0 Å². The second kappa shape index (κ2) is 7.94. The van der Waals surface area contributed by atoms with Gasteiger partial charge in [-0.05, 0) is 41.3 Å². The van der Waals surface area contributed by atoms with Gasteiger partial charge in [0.2, 0.25) is 5.91 Å². The number of amides is 1. The van der Waals surface area contributed by atoms with E-state index in [1.165, 1.54) is 23.9 Å². The number of hydrogen-bond donors (Lipinski definition) is 1. The second-order valence-corrected chi connectivity index (χ2v) is 7.71. The number of para-hydroxylation sites is 2. The van der Waals surface area contributed by atoms with E-state index in [4.69, 9.17) is 4.42 Å². The maximum absolute atomic E-state index is 13.2. The number of hydrogen-bond acceptors (Lipinski definition) is 5. The lowest BCUT2D eigenvalue weighted by molar-refractivity contribution is -0.119. The van der Waals surface area contributed by atoms with Crippen molar-refractivity contribution in [2.24, 2.45) is 0 Å². The minimum Gasteiger partial charge on any atom is -0.431 e. The van der Waals surface area contributed by atoms with Crippen molar-refractivity contribution < 1.29 is 13.6 Å². The van der Waals surface area contributed by atoms with Crippen LogP contribution < -0.4 is 5.32 Å². The van der Waals surface area contributed by atoms with Gasteiger partial charge in [0, 0.05) is 4.88 Å². The summed E-state index contributed by atoms with van der Waals surface area (Å²) in [5.41, 5.74) is 2.30. The first kappa shape index (κ1) is 17.8. The number of benzene rings is 2. The van der Waals surface area contributed by atoms with Crippen molar-refractivity contribution in [3.05, 3.63) is 82.3 Å². The molecule has 0 spiro atoms. The van der Waals surface area contributed by atoms with Crippen molar-refractivity contribution in [1.82, 2.24) is 10.3 Å². The minimum atomic E-state index is -0.317. The lowest BCUT2D eigenvalue weighted by Gasteiger charge is -2.18. The van der Waals surface area contributed by atoms with Gasteiger partial charge in [0.25, 0.3) is 5.22 Å². The number of thioether (sulfide) groups is 1. The van der Waals surface area contributed by atoms with Gasteiger partial charge in [-0.3, -0.25) is 4.79 Å². The largest absolute Gasteiger partial charge is 0.431 e. The molecular weight excluding hydrogens is 383 g/mol. The first-order chi connectivity index (χ1) is 13.2. The smallest absolute Gasteiger partial charge is 0.257 e. The molecule has 2 aromatic carbocycles. The maximum atomic E-state index is 13.2. The van der Waals surface area contributed by atoms with Gasteiger partial charge in [-0.1, -0.05) is 42.1 Å². The monoisotopic (exact) mass is 398 g/mol. The Bertz CT molecular complexity index is 1010. The Morgan fingerprint density at radius 3 is 2.70 bits per heavy atom. The van der Waals surface area contributed by atoms with E-state index in [1.54, 1.807) is 23.5 Å². The molecule has 27 heavy (non-hydrogen) atoms. The highest BCUT2D eigenvalue weighted by Gasteiger charge is 2.19. The van der Waals surface area contributed by atoms with Gasteiger partial charge in [-0.25, -0.2) is 9.37 Å². The third-order valence-electron chi connectivity index (χ3n) is 3.94. The zero-order chi connectivity index (χ0) is 18.6. The zero-order valence-electron chi connectivity index (χ0n) is 14.1. The normalized spacial score (nSPS) is 12.2. The van der Waals surface area contributed by atoms with Gasteiger partial charge in [0.05, 0.1) is 11.8 Å². The average molecular weight is 398 g/mol. The zero-order valence-corrected chi connectivity index (χ0v) is 15.7. The van der Waals surface area contributed by atoms with Crippen LogP contribution >= 0.6 is 23.1 Å². The summed E-state index contributed by atoms with van der Waals surface area (Å²) in [7, 11) is 0. The molecule has 4 aromatic rings. The highest BCUT2D eigenvalue weighted by Crippen LogP contribution is 2.27. The number of nitrogens with one attached hydrogen (secondary N) is 1. The fourth-order valence-electron chi connectivity index (χ4n) is 2.67. The molecule has 1 amide bonds. The van der Waals surface area contributed by atoms with Crippen LogP contribution in [0.25, 0.3) is 11.1 Å². The molecule has 0 saturated heterocycles. The van der Waals surface area contributed by atoms with Crippen LogP contribution in [0.2, 0.25) is 0 Å². The molecule has 2 heterocycles. The van der Waals surface area contributed by atoms with Crippen molar-refractivity contribution in [3.63, 3.8) is 0 Å². The summed E-state index contributed by atoms with van der Waals surface area (Å²) in [6, 6.07) is 17.2. The second-order valence-electron chi connectivity index (χ2n) is 5.80. The molecule has 4 nitrogen and oxygen atoms in total. The number of carbonyl (C=O) groups is 1. The highest BCUT2D eigenvalue weighted by molar-refractivity contribution is 7.99. The standard InChI is InChI=1S/C20H15FN2O2S2/c21-14-9-7-13(8-10-14)19(17-6-3-11-26-17)23-18(24)12-27-20-22-15-4-1-2-5-16(15)25-20/h1-11,19H,12H2,(H,23,24). The van der Waals surface area contributed by atoms with Crippen molar-refractivity contribution in [1.29, 1.82) is 0 Å². The fraction of sp³-hybridized carbons (Fsp3) is 0.100. The molecule has 0 saturated carbocycles. The van der Waals surface area contributed by atoms with Crippen LogP contribution in [0.15, 0.2) is 75.7 Å². The Morgan fingerprint density at radius 1 is 1.15 bits per heavy atom. The van der Waals surface area contributed by atoms with Crippen LogP contribution in [-0.2, 0) is 4.79 Å². The average Bonchev–Trinajstić information content (AvgIpc) is 3.34. The Labute approximate surface area is 163 Å². The minimum absolute atomic E-state index is 0.148. The van der Waals surface area contributed by atoms with Crippen LogP contribution in [0.5, 0.6) is 0 Å². The number of carbonyl (C=O) groups excluding carboxylic acids is 1. The fourth-order valence-corrected chi connectivity index (χ4v) is 4.12. The number of nitrogens with zero attached hydrogens (tertiary/aromatic N) is 1. The number of thiophene rings is 1. The van der Waals surface area contributed by atoms with Crippen LogP contribution in [0.4, 0.5) is 4.39 Å². The van der Waals surface area contributed by atoms with Crippen LogP contribution in [0.3, 0.4) is 0 Å². The molecule has 0 radical (unpaired) electrons. The van der Waals surface area contributed by atoms with E-state index in [-0.39, 0.29) is 23.5 Å². The lowest BCUT2D eigenvalue weighted by Crippen LogP contribution is -2.30. The molecule has 1 unspecified atom stereocenters. The number of oxazole rings is 1. The third-order valence-corrected chi connectivity index (χ3v) is 5.70. The van der Waals surface area contributed by atoms with Crippen molar-refractivity contribution >= 4 is 40.1 Å². The topological polar surface area (TPSA) is 55.1 Å². The Morgan fingerprint density at radius 2 is 1.96 bits per heavy atom. The van der Waals surface area contributed by atoms with E-state index in [9.17, 15) is 9.18 Å². The summed E-state index contributed by atoms with van der Waals surface area (Å²) in [5.74, 6) is -0.276. The summed E-state index contributed by atoms with van der Waals surface area (Å²) < 4.78 is 18.9. The molecule has 0 bridgehead atoms. The van der Waals surface area contributed by atoms with E-state index in [2.05, 4.69) is 10.3 Å². The maximum Gasteiger partial charge on any atom is 0.257 e. The Balaban J connectivity index is 1.46. The van der Waals surface area contributed by atoms with Crippen molar-refractivity contribution in [3.8, 4) is 0 Å². The molecule has 0 aliphatic carbocycles. The summed E-state index contributed by atoms with van der Waals surface area (Å²) >= 11 is 2.79. The van der Waals surface area contributed by atoms with Gasteiger partial charge < -0.3 is 9.73 Å². The summed E-state index contributed by atoms with van der Waals surface area (Å²) in [6.45, 7) is 0. The van der Waals surface area contributed by atoms with Crippen molar-refractivity contribution in [2.45, 2.75) is 11.3 Å². The summed E-state index contributed by atoms with van der Waals surface area (Å²) in [6.07, 6.45) is 0. The first-order valence-electron chi connectivity index (χ1n) is 8.25. The molecule has 136 valence electrons. The van der Waals surface area contributed by atoms with E-state index >= 15 is 0 Å². The SMILES string of the molecule is O=C(CSc1nc2ccccc2o1)NC(c1ccc(F)cc1)c1cccs1. The molecule has 1 N–H and O–H groups in total. The first-order valence-corrected chi connectivity index (χ1v) is 10.1. The third kappa shape index (κ3) is 4.20. The summed E-state index contributed by atoms with van der Waals surface area (Å²) in [4.78, 5) is 17.9. The number of aromatic nitrogens is 1. The predicted molar refractivity (Wildman–Crippen MR) is 105 cm³/mol. The summed E-state index contributed by atoms with van der Waals surface area (Å²) in [5, 5.41) is 5.43. The number of rotatable bonds is 6. The molecule has 0 fully saturated rings. The van der Waals surface area contributed by atoms with Gasteiger partial charge in [0.15, 0.2) is 5.58 Å². The molecular formula is C20H15FN2O2S2. The van der Waals surface area contributed by atoms with E-state index in [0.29, 0.717) is 10.8 Å². The Kier molecular flexibility index (Phi) is 5.22. The predicted octanol–water partition coefficient (Wildman–Crippen LogP) is 5.03. The molecule has 2 aromatic heterocycles. The van der Waals surface area contributed by atoms with Crippen LogP contribution in [0, 0.1) is 5.82 Å². The lowest BCUT2D eigenvalue weighted by atomic mass is 10.1. The number of halogens is 1. The van der Waals surface area contributed by atoms with Gasteiger partial charge in [0.1, 0.15) is 11.3 Å². The van der Waals surface area contributed by atoms with Crippen LogP contribution in [-0.4, -0.2) is 16.6 Å². The highest BCUT2D eigenvalue weighted by atomic mass is 32.2. The van der Waals surface area contributed by atoms with Crippen molar-refractivity contribution in [2.75, 3.05) is 5.75 Å². The van der Waals surface area contributed by atoms with E-state index in [1.807, 2.05) is 41.8 Å². The molecule has 0 aliphatic heterocycles. The Hall–Kier alpha value is -2.64. The van der Waals surface area contributed by atoms with Crippen LogP contribution in [0.1, 0.15) is 16.5 Å². The molecule has 4 rings (SSSR count). The quantitative estimate of drug-likeness (QED) is 0.463. The van der Waals surface area contributed by atoms with Gasteiger partial charge >= 0.3 is 0 Å². The molecule has 1 atom stereocenters. The molecule has 0 aliphatic rings. The molecule has 7 heteroatoms. The number of fused-ring (bicyclic) bond motifs is 1. The van der Waals surface area contributed by atoms with Gasteiger partial charge in [-0.15, -0.1) is 11.3 Å².